The summed E-state index contributed by atoms with van der Waals surface area (Å²) in [4.78, 5) is 27.1. The Morgan fingerprint density at radius 2 is 2.29 bits per heavy atom. The molecule has 2 heterocycles. The van der Waals surface area contributed by atoms with E-state index in [0.717, 1.165) is 42.9 Å². The maximum absolute atomic E-state index is 14.0. The van der Waals surface area contributed by atoms with Crippen molar-refractivity contribution in [2.75, 3.05) is 23.6 Å². The monoisotopic (exact) mass is 359 g/mol. The van der Waals surface area contributed by atoms with Crippen molar-refractivity contribution in [2.24, 2.45) is 0 Å². The number of unbranched alkanes of at least 4 members (excludes halogenated alkanes) is 4. The number of ether oxygens (including phenoxy) is 2. The molecule has 1 aromatic heterocycles. The lowest BCUT2D eigenvalue weighted by atomic mass is 10.2. The molecule has 1 saturated heterocycles. The molecule has 0 unspecified atom stereocenters. The van der Waals surface area contributed by atoms with Gasteiger partial charge in [0, 0.05) is 5.75 Å². The van der Waals surface area contributed by atoms with Gasteiger partial charge in [0.05, 0.1) is 18.7 Å². The minimum atomic E-state index is -0.818. The van der Waals surface area contributed by atoms with Crippen molar-refractivity contribution < 1.29 is 18.7 Å². The lowest BCUT2D eigenvalue weighted by Gasteiger charge is -2.13. The smallest absolute Gasteiger partial charge is 0.412 e. The van der Waals surface area contributed by atoms with E-state index in [-0.39, 0.29) is 6.61 Å². The second kappa shape index (κ2) is 9.63. The first-order valence-electron chi connectivity index (χ1n) is 8.03. The molecule has 0 radical (unpaired) electrons. The summed E-state index contributed by atoms with van der Waals surface area (Å²) in [6.45, 7) is 2.37. The molecule has 0 spiro atoms. The number of hydrogen-bond acceptors (Lipinski definition) is 6. The number of nitrogens with one attached hydrogen (secondary N) is 1. The van der Waals surface area contributed by atoms with Crippen LogP contribution < -0.4 is 11.0 Å². The zero-order valence-electron chi connectivity index (χ0n) is 13.6. The van der Waals surface area contributed by atoms with Gasteiger partial charge in [0.2, 0.25) is 0 Å². The average Bonchev–Trinajstić information content (AvgIpc) is 3.08. The van der Waals surface area contributed by atoms with Crippen molar-refractivity contribution in [2.45, 2.75) is 45.3 Å². The predicted molar refractivity (Wildman–Crippen MR) is 89.6 cm³/mol. The van der Waals surface area contributed by atoms with Crippen LogP contribution in [0.5, 0.6) is 0 Å². The number of rotatable bonds is 8. The highest BCUT2D eigenvalue weighted by Gasteiger charge is 2.21. The van der Waals surface area contributed by atoms with E-state index in [0.29, 0.717) is 11.7 Å². The Labute approximate surface area is 143 Å². The molecule has 1 atom stereocenters. The third-order valence-corrected chi connectivity index (χ3v) is 4.35. The van der Waals surface area contributed by atoms with Crippen molar-refractivity contribution >= 4 is 23.7 Å². The summed E-state index contributed by atoms with van der Waals surface area (Å²) in [7, 11) is 0. The Hall–Kier alpha value is -1.61. The topological polar surface area (TPSA) is 82.5 Å². The quantitative estimate of drug-likeness (QED) is 0.718. The van der Waals surface area contributed by atoms with Crippen LogP contribution in [0.4, 0.5) is 15.0 Å². The number of aromatic nitrogens is 2. The third-order valence-electron chi connectivity index (χ3n) is 3.52. The van der Waals surface area contributed by atoms with E-state index in [2.05, 4.69) is 17.2 Å². The van der Waals surface area contributed by atoms with Gasteiger partial charge in [-0.15, -0.1) is 11.8 Å². The van der Waals surface area contributed by atoms with E-state index < -0.39 is 29.6 Å². The Balaban J connectivity index is 1.84. The van der Waals surface area contributed by atoms with E-state index in [1.54, 1.807) is 0 Å². The minimum Gasteiger partial charge on any atom is -0.449 e. The van der Waals surface area contributed by atoms with Crippen molar-refractivity contribution in [3.05, 3.63) is 22.5 Å². The zero-order chi connectivity index (χ0) is 17.4. The van der Waals surface area contributed by atoms with E-state index in [1.165, 1.54) is 11.8 Å². The number of amides is 1. The van der Waals surface area contributed by atoms with Gasteiger partial charge < -0.3 is 9.47 Å². The highest BCUT2D eigenvalue weighted by Crippen LogP contribution is 2.24. The van der Waals surface area contributed by atoms with Crippen molar-refractivity contribution in [3.63, 3.8) is 0 Å². The second-order valence-corrected chi connectivity index (χ2v) is 6.39. The molecule has 2 rings (SSSR count). The number of nitrogens with zero attached hydrogens (tertiary/aromatic N) is 2. The molecular formula is C15H22FN3O4S. The largest absolute Gasteiger partial charge is 0.449 e. The summed E-state index contributed by atoms with van der Waals surface area (Å²) in [5, 5.41) is 2.16. The number of carbonyl (C=O) groups is 1. The first kappa shape index (κ1) is 18.7. The van der Waals surface area contributed by atoms with E-state index in [4.69, 9.17) is 9.47 Å². The molecule has 1 amide bonds. The summed E-state index contributed by atoms with van der Waals surface area (Å²) in [6.07, 6.45) is 4.76. The molecule has 1 N–H and O–H groups in total. The van der Waals surface area contributed by atoms with Gasteiger partial charge in [0.1, 0.15) is 6.23 Å². The molecule has 0 bridgehead atoms. The fraction of sp³-hybridized carbons (Fsp3) is 0.667. The normalized spacial score (nSPS) is 17.0. The molecule has 0 aromatic carbocycles. The molecule has 1 fully saturated rings. The first-order valence-corrected chi connectivity index (χ1v) is 9.19. The Bertz CT molecular complexity index is 605. The minimum absolute atomic E-state index is 0.251. The Morgan fingerprint density at radius 1 is 1.50 bits per heavy atom. The van der Waals surface area contributed by atoms with E-state index in [9.17, 15) is 14.0 Å². The second-order valence-electron chi connectivity index (χ2n) is 5.41. The molecule has 1 aliphatic heterocycles. The number of thioether (sulfide) groups is 1. The summed E-state index contributed by atoms with van der Waals surface area (Å²) in [6, 6.07) is 0. The summed E-state index contributed by atoms with van der Waals surface area (Å²) >= 11 is 1.50. The Kier molecular flexibility index (Phi) is 7.51. The lowest BCUT2D eigenvalue weighted by Crippen LogP contribution is -2.30. The maximum atomic E-state index is 14.0. The summed E-state index contributed by atoms with van der Waals surface area (Å²) < 4.78 is 25.4. The van der Waals surface area contributed by atoms with Crippen LogP contribution >= 0.6 is 11.8 Å². The van der Waals surface area contributed by atoms with Gasteiger partial charge in [-0.3, -0.25) is 9.88 Å². The van der Waals surface area contributed by atoms with Crippen molar-refractivity contribution in [1.82, 2.24) is 9.55 Å². The van der Waals surface area contributed by atoms with Gasteiger partial charge in [-0.2, -0.15) is 4.98 Å². The highest BCUT2D eigenvalue weighted by atomic mass is 32.2. The molecule has 0 aliphatic carbocycles. The van der Waals surface area contributed by atoms with Gasteiger partial charge in [-0.05, 0) is 6.42 Å². The fourth-order valence-corrected chi connectivity index (χ4v) is 3.03. The standard InChI is InChI=1S/C15H22FN3O4S/c1-2-3-4-5-6-7-22-15(21)18-13-11(16)8-19(14(20)17-13)12-9-24-10-23-12/h8,12H,2-7,9-10H2,1H3,(H,17,18,20,21)/t12-/m0/s1. The van der Waals surface area contributed by atoms with Crippen LogP contribution in [0.25, 0.3) is 0 Å². The van der Waals surface area contributed by atoms with Crippen LogP contribution in [0.2, 0.25) is 0 Å². The van der Waals surface area contributed by atoms with Gasteiger partial charge in [0.25, 0.3) is 0 Å². The lowest BCUT2D eigenvalue weighted by molar-refractivity contribution is 0.0630. The molecule has 24 heavy (non-hydrogen) atoms. The van der Waals surface area contributed by atoms with Crippen LogP contribution in [0, 0.1) is 5.82 Å². The highest BCUT2D eigenvalue weighted by molar-refractivity contribution is 7.99. The number of anilines is 1. The number of halogens is 1. The molecule has 9 heteroatoms. The van der Waals surface area contributed by atoms with Crippen molar-refractivity contribution in [3.8, 4) is 0 Å². The zero-order valence-corrected chi connectivity index (χ0v) is 14.4. The molecule has 134 valence electrons. The number of hydrogen-bond donors (Lipinski definition) is 1. The molecule has 1 aromatic rings. The van der Waals surface area contributed by atoms with Crippen LogP contribution in [0.15, 0.2) is 11.0 Å². The third kappa shape index (κ3) is 5.48. The van der Waals surface area contributed by atoms with Gasteiger partial charge >= 0.3 is 11.8 Å². The van der Waals surface area contributed by atoms with Crippen LogP contribution in [0.3, 0.4) is 0 Å². The maximum Gasteiger partial charge on any atom is 0.412 e. The summed E-state index contributed by atoms with van der Waals surface area (Å²) in [5.41, 5.74) is -0.682. The van der Waals surface area contributed by atoms with E-state index in [1.807, 2.05) is 0 Å². The SMILES string of the molecule is CCCCCCCOC(=O)Nc1nc(=O)n([C@@H]2CSCO2)cc1F. The molecule has 7 nitrogen and oxygen atoms in total. The number of carbonyl (C=O) groups excluding carboxylic acids is 1. The molecular weight excluding hydrogens is 337 g/mol. The van der Waals surface area contributed by atoms with Crippen LogP contribution in [-0.2, 0) is 9.47 Å². The molecule has 0 saturated carbocycles. The van der Waals surface area contributed by atoms with Crippen LogP contribution in [0.1, 0.15) is 45.3 Å². The molecule has 1 aliphatic rings. The van der Waals surface area contributed by atoms with Crippen LogP contribution in [-0.4, -0.2) is 33.9 Å². The van der Waals surface area contributed by atoms with Gasteiger partial charge in [-0.25, -0.2) is 14.0 Å². The predicted octanol–water partition coefficient (Wildman–Crippen LogP) is 3.12. The summed E-state index contributed by atoms with van der Waals surface area (Å²) in [5.74, 6) is -0.245. The van der Waals surface area contributed by atoms with Gasteiger partial charge in [0.15, 0.2) is 11.6 Å². The van der Waals surface area contributed by atoms with E-state index >= 15 is 0 Å². The first-order chi connectivity index (χ1) is 11.6. The van der Waals surface area contributed by atoms with Gasteiger partial charge in [-0.1, -0.05) is 32.6 Å². The fourth-order valence-electron chi connectivity index (χ4n) is 2.23. The van der Waals surface area contributed by atoms with Crippen molar-refractivity contribution in [1.29, 1.82) is 0 Å². The average molecular weight is 359 g/mol. The Morgan fingerprint density at radius 3 is 3.00 bits per heavy atom.